The number of H-pyrrole nitrogens is 2. The van der Waals surface area contributed by atoms with Crippen LogP contribution in [-0.4, -0.2) is 26.7 Å². The van der Waals surface area contributed by atoms with Gasteiger partial charge in [0.05, 0.1) is 17.3 Å². The molecule has 2 aliphatic heterocycles. The molecule has 6 rings (SSSR count). The van der Waals surface area contributed by atoms with E-state index in [0.717, 1.165) is 52.8 Å². The lowest BCUT2D eigenvalue weighted by Gasteiger charge is -2.36. The van der Waals surface area contributed by atoms with Crippen molar-refractivity contribution in [1.82, 2.24) is 25.5 Å². The van der Waals surface area contributed by atoms with Crippen molar-refractivity contribution in [3.8, 4) is 10.4 Å². The summed E-state index contributed by atoms with van der Waals surface area (Å²) in [6.07, 6.45) is 3.96. The molecule has 2 saturated heterocycles. The number of nitrogens with zero attached hydrogens (tertiary/aromatic N) is 2. The van der Waals surface area contributed by atoms with Crippen molar-refractivity contribution in [3.63, 3.8) is 0 Å². The third-order valence-corrected chi connectivity index (χ3v) is 6.09. The van der Waals surface area contributed by atoms with Crippen molar-refractivity contribution in [2.75, 3.05) is 6.54 Å². The number of fused-ring (bicyclic) bond motifs is 2. The highest BCUT2D eigenvalue weighted by atomic mass is 32.1. The first-order valence-corrected chi connectivity index (χ1v) is 8.26. The summed E-state index contributed by atoms with van der Waals surface area (Å²) in [6, 6.07) is 2.00. The maximum Gasteiger partial charge on any atom is 0.268 e. The molecule has 0 amide bonds. The van der Waals surface area contributed by atoms with Crippen molar-refractivity contribution in [2.24, 2.45) is 5.92 Å². The summed E-state index contributed by atoms with van der Waals surface area (Å²) in [5, 5.41) is 10.5. The minimum atomic E-state index is -0.0916. The van der Waals surface area contributed by atoms with Gasteiger partial charge in [-0.15, -0.1) is 11.3 Å². The summed E-state index contributed by atoms with van der Waals surface area (Å²) < 4.78 is 0.685. The maximum absolute atomic E-state index is 12.4. The number of hydrogen-bond donors (Lipinski definition) is 3. The van der Waals surface area contributed by atoms with Gasteiger partial charge in [0.25, 0.3) is 5.56 Å². The van der Waals surface area contributed by atoms with Gasteiger partial charge in [0.2, 0.25) is 0 Å². The van der Waals surface area contributed by atoms with Gasteiger partial charge in [-0.05, 0) is 38.3 Å². The van der Waals surface area contributed by atoms with E-state index in [0.29, 0.717) is 4.70 Å². The second-order valence-corrected chi connectivity index (χ2v) is 7.44. The minimum Gasteiger partial charge on any atom is -0.308 e. The first-order valence-electron chi connectivity index (χ1n) is 7.44. The van der Waals surface area contributed by atoms with E-state index in [1.165, 1.54) is 11.3 Å². The second kappa shape index (κ2) is 4.05. The molecule has 112 valence electrons. The molecule has 0 atom stereocenters. The number of aromatic amines is 2. The fourth-order valence-electron chi connectivity index (χ4n) is 3.73. The maximum atomic E-state index is 12.4. The summed E-state index contributed by atoms with van der Waals surface area (Å²) in [7, 11) is 0. The fourth-order valence-corrected chi connectivity index (χ4v) is 4.79. The van der Waals surface area contributed by atoms with E-state index in [1.807, 2.05) is 13.0 Å². The van der Waals surface area contributed by atoms with E-state index in [9.17, 15) is 4.79 Å². The summed E-state index contributed by atoms with van der Waals surface area (Å²) in [5.74, 6) is 1.54. The number of aromatic nitrogens is 4. The molecule has 0 spiro atoms. The van der Waals surface area contributed by atoms with Crippen molar-refractivity contribution in [3.05, 3.63) is 34.1 Å². The molecule has 2 bridgehead atoms. The Labute approximate surface area is 130 Å². The van der Waals surface area contributed by atoms with Gasteiger partial charge in [0, 0.05) is 16.1 Å². The van der Waals surface area contributed by atoms with Crippen molar-refractivity contribution in [1.29, 1.82) is 0 Å². The highest BCUT2D eigenvalue weighted by molar-refractivity contribution is 7.22. The zero-order valence-corrected chi connectivity index (χ0v) is 12.9. The van der Waals surface area contributed by atoms with E-state index in [4.69, 9.17) is 4.98 Å². The highest BCUT2D eigenvalue weighted by Gasteiger charge is 2.53. The third kappa shape index (κ3) is 1.55. The van der Waals surface area contributed by atoms with Gasteiger partial charge in [0.1, 0.15) is 10.5 Å². The summed E-state index contributed by atoms with van der Waals surface area (Å²) in [5.41, 5.74) is 2.69. The molecule has 3 aromatic rings. The van der Waals surface area contributed by atoms with Crippen LogP contribution in [0.4, 0.5) is 0 Å². The van der Waals surface area contributed by atoms with Gasteiger partial charge in [-0.1, -0.05) is 0 Å². The highest BCUT2D eigenvalue weighted by Crippen LogP contribution is 2.49. The van der Waals surface area contributed by atoms with Crippen LogP contribution >= 0.6 is 11.3 Å². The standard InChI is InChI=1S/C15H15N5OS/c1-7-9(6-17-20-7)11-2-10-12(22-11)13(21)19-14(18-10)15-3-8(4-15)5-16-15/h2,6,8,16H,3-5H2,1H3,(H,17,20)(H,18,19,21). The largest absolute Gasteiger partial charge is 0.308 e. The molecule has 3 N–H and O–H groups in total. The Balaban J connectivity index is 1.68. The fraction of sp³-hybridized carbons (Fsp3) is 0.400. The van der Waals surface area contributed by atoms with Gasteiger partial charge >= 0.3 is 0 Å². The van der Waals surface area contributed by atoms with Gasteiger partial charge in [-0.2, -0.15) is 5.10 Å². The first kappa shape index (κ1) is 12.5. The zero-order valence-electron chi connectivity index (χ0n) is 12.1. The molecule has 6 nitrogen and oxygen atoms in total. The van der Waals surface area contributed by atoms with Crippen LogP contribution in [0, 0.1) is 12.8 Å². The molecule has 22 heavy (non-hydrogen) atoms. The Morgan fingerprint density at radius 3 is 2.95 bits per heavy atom. The molecular formula is C15H15N5OS. The molecule has 0 unspecified atom stereocenters. The van der Waals surface area contributed by atoms with Gasteiger partial charge in [-0.25, -0.2) is 4.98 Å². The van der Waals surface area contributed by atoms with E-state index < -0.39 is 0 Å². The third-order valence-electron chi connectivity index (χ3n) is 4.93. The minimum absolute atomic E-state index is 0.0380. The lowest BCUT2D eigenvalue weighted by molar-refractivity contribution is 0.216. The van der Waals surface area contributed by atoms with Gasteiger partial charge in [-0.3, -0.25) is 9.89 Å². The Kier molecular flexibility index (Phi) is 2.31. The number of hydrogen-bond acceptors (Lipinski definition) is 5. The van der Waals surface area contributed by atoms with E-state index in [1.54, 1.807) is 6.20 Å². The van der Waals surface area contributed by atoms with Crippen LogP contribution in [0.1, 0.15) is 24.4 Å². The predicted molar refractivity (Wildman–Crippen MR) is 85.0 cm³/mol. The normalized spacial score (nSPS) is 26.5. The van der Waals surface area contributed by atoms with Crippen molar-refractivity contribution < 1.29 is 0 Å². The second-order valence-electron chi connectivity index (χ2n) is 6.39. The number of thiophene rings is 1. The van der Waals surface area contributed by atoms with Crippen LogP contribution in [0.25, 0.3) is 20.7 Å². The van der Waals surface area contributed by atoms with Crippen LogP contribution in [0.5, 0.6) is 0 Å². The summed E-state index contributed by atoms with van der Waals surface area (Å²) in [6.45, 7) is 3.01. The molecule has 3 fully saturated rings. The Morgan fingerprint density at radius 2 is 2.27 bits per heavy atom. The molecule has 1 aliphatic carbocycles. The first-order chi connectivity index (χ1) is 10.6. The Morgan fingerprint density at radius 1 is 1.41 bits per heavy atom. The Bertz CT molecular complexity index is 941. The number of nitrogens with one attached hydrogen (secondary N) is 3. The van der Waals surface area contributed by atoms with Crippen LogP contribution in [0.15, 0.2) is 17.1 Å². The van der Waals surface area contributed by atoms with Crippen molar-refractivity contribution in [2.45, 2.75) is 25.3 Å². The molecule has 5 heterocycles. The average molecular weight is 313 g/mol. The molecule has 3 aliphatic rings. The van der Waals surface area contributed by atoms with Crippen LogP contribution < -0.4 is 10.9 Å². The smallest absolute Gasteiger partial charge is 0.268 e. The van der Waals surface area contributed by atoms with Crippen LogP contribution in [-0.2, 0) is 5.54 Å². The zero-order chi connectivity index (χ0) is 14.9. The number of aryl methyl sites for hydroxylation is 1. The molecule has 3 aromatic heterocycles. The lowest BCUT2D eigenvalue weighted by atomic mass is 9.73. The molecule has 0 aromatic carbocycles. The van der Waals surface area contributed by atoms with Crippen LogP contribution in [0.3, 0.4) is 0 Å². The molecule has 7 heteroatoms. The molecule has 1 saturated carbocycles. The Hall–Kier alpha value is -1.99. The summed E-state index contributed by atoms with van der Waals surface area (Å²) >= 11 is 1.47. The van der Waals surface area contributed by atoms with E-state index in [2.05, 4.69) is 20.5 Å². The van der Waals surface area contributed by atoms with Crippen molar-refractivity contribution >= 4 is 21.6 Å². The summed E-state index contributed by atoms with van der Waals surface area (Å²) in [4.78, 5) is 21.2. The topological polar surface area (TPSA) is 86.5 Å². The monoisotopic (exact) mass is 313 g/mol. The van der Waals surface area contributed by atoms with Gasteiger partial charge < -0.3 is 10.3 Å². The molecular weight excluding hydrogens is 298 g/mol. The predicted octanol–water partition coefficient (Wildman–Crippen LogP) is 1.89. The number of rotatable bonds is 2. The SMILES string of the molecule is Cc1[nH]ncc1-c1cc2nc(C34CC(CN3)C4)[nH]c(=O)c2s1. The average Bonchev–Trinajstić information content (AvgIpc) is 3.18. The van der Waals surface area contributed by atoms with Crippen LogP contribution in [0.2, 0.25) is 0 Å². The van der Waals surface area contributed by atoms with Gasteiger partial charge in [0.15, 0.2) is 0 Å². The van der Waals surface area contributed by atoms with E-state index in [-0.39, 0.29) is 11.1 Å². The van der Waals surface area contributed by atoms with E-state index >= 15 is 0 Å². The molecule has 0 radical (unpaired) electrons. The lowest BCUT2D eigenvalue weighted by Crippen LogP contribution is -2.42. The quantitative estimate of drug-likeness (QED) is 0.674.